The molecule has 4 rings (SSSR count). The molecule has 2 aromatic rings. The van der Waals surface area contributed by atoms with Gasteiger partial charge in [0.1, 0.15) is 36.1 Å². The Morgan fingerprint density at radius 2 is 1.60 bits per heavy atom. The highest BCUT2D eigenvalue weighted by atomic mass is 16.7. The van der Waals surface area contributed by atoms with E-state index in [1.165, 1.54) is 24.4 Å². The van der Waals surface area contributed by atoms with E-state index >= 15 is 0 Å². The molecule has 2 aromatic carbocycles. The Hall–Kier alpha value is -4.97. The minimum Gasteiger partial charge on any atom is -0.465 e. The van der Waals surface area contributed by atoms with Gasteiger partial charge < -0.3 is 54.4 Å². The van der Waals surface area contributed by atoms with Crippen LogP contribution in [0.2, 0.25) is 0 Å². The van der Waals surface area contributed by atoms with Gasteiger partial charge in [-0.3, -0.25) is 19.3 Å². The van der Waals surface area contributed by atoms with Gasteiger partial charge in [0.25, 0.3) is 0 Å². The van der Waals surface area contributed by atoms with Crippen LogP contribution in [-0.4, -0.2) is 135 Å². The second-order valence-corrected chi connectivity index (χ2v) is 17.9. The lowest BCUT2D eigenvalue weighted by Gasteiger charge is -2.42. The van der Waals surface area contributed by atoms with Gasteiger partial charge in [-0.2, -0.15) is 0 Å². The zero-order valence-corrected chi connectivity index (χ0v) is 38.5. The normalized spacial score (nSPS) is 17.6. The van der Waals surface area contributed by atoms with E-state index in [0.29, 0.717) is 32.2 Å². The fraction of sp³-hybridized carbons (Fsp3) is 0.630. The highest BCUT2D eigenvalue weighted by molar-refractivity contribution is 5.94. The minimum atomic E-state index is -1.29. The van der Waals surface area contributed by atoms with E-state index in [-0.39, 0.29) is 51.3 Å². The van der Waals surface area contributed by atoms with Gasteiger partial charge in [-0.15, -0.1) is 0 Å². The molecule has 1 aliphatic heterocycles. The molecule has 0 bridgehead atoms. The number of hydrogen-bond donors (Lipinski definition) is 4. The van der Waals surface area contributed by atoms with Gasteiger partial charge in [0, 0.05) is 33.2 Å². The molecular weight excluding hydrogens is 815 g/mol. The molecule has 0 radical (unpaired) electrons. The number of nitrogens with one attached hydrogen (secondary N) is 3. The average Bonchev–Trinajstić information content (AvgIpc) is 3.22. The third-order valence-corrected chi connectivity index (χ3v) is 10.8. The van der Waals surface area contributed by atoms with Crippen molar-refractivity contribution in [3.05, 3.63) is 64.7 Å². The number of carbonyl (C=O) groups excluding carboxylic acids is 4. The lowest BCUT2D eigenvalue weighted by molar-refractivity contribution is -0.147. The van der Waals surface area contributed by atoms with Crippen LogP contribution in [0.5, 0.6) is 5.75 Å². The van der Waals surface area contributed by atoms with Crippen LogP contribution in [0, 0.1) is 5.41 Å². The maximum absolute atomic E-state index is 14.9. The molecule has 5 amide bonds. The van der Waals surface area contributed by atoms with E-state index in [2.05, 4.69) is 22.0 Å². The number of aryl methyl sites for hydroxylation is 1. The zero-order chi connectivity index (χ0) is 46.3. The maximum Gasteiger partial charge on any atom is 0.407 e. The Kier molecular flexibility index (Phi) is 19.0. The highest BCUT2D eigenvalue weighted by Gasteiger charge is 2.43. The number of nitrogens with zero attached hydrogens (tertiary/aromatic N) is 2. The van der Waals surface area contributed by atoms with Crippen molar-refractivity contribution in [1.82, 2.24) is 25.8 Å². The fourth-order valence-electron chi connectivity index (χ4n) is 7.28. The summed E-state index contributed by atoms with van der Waals surface area (Å²) in [5, 5.41) is 18.3. The Bertz CT molecular complexity index is 1850. The van der Waals surface area contributed by atoms with Crippen LogP contribution in [0.25, 0.3) is 0 Å². The number of benzene rings is 2. The molecular formula is C46H69N5O12. The quantitative estimate of drug-likeness (QED) is 0.0969. The number of hydrogen-bond acceptors (Lipinski definition) is 11. The van der Waals surface area contributed by atoms with Gasteiger partial charge in [-0.05, 0) is 93.7 Å². The van der Waals surface area contributed by atoms with Crippen LogP contribution in [0.4, 0.5) is 9.59 Å². The molecule has 17 heteroatoms. The first-order valence-corrected chi connectivity index (χ1v) is 21.8. The zero-order valence-electron chi connectivity index (χ0n) is 38.5. The first kappa shape index (κ1) is 50.7. The Morgan fingerprint density at radius 3 is 2.29 bits per heavy atom. The molecule has 4 N–H and O–H groups in total. The summed E-state index contributed by atoms with van der Waals surface area (Å²) in [5.74, 6) is -1.04. The molecule has 0 saturated carbocycles. The van der Waals surface area contributed by atoms with Crippen LogP contribution in [-0.2, 0) is 57.5 Å². The van der Waals surface area contributed by atoms with Crippen LogP contribution in [0.1, 0.15) is 96.5 Å². The Balaban J connectivity index is 1.59. The summed E-state index contributed by atoms with van der Waals surface area (Å²) >= 11 is 0. The largest absolute Gasteiger partial charge is 0.465 e. The number of ether oxygens (including phenoxy) is 6. The molecule has 0 aromatic heterocycles. The van der Waals surface area contributed by atoms with Crippen molar-refractivity contribution in [3.63, 3.8) is 0 Å². The molecule has 1 aliphatic carbocycles. The first-order valence-electron chi connectivity index (χ1n) is 21.8. The van der Waals surface area contributed by atoms with Crippen molar-refractivity contribution in [1.29, 1.82) is 0 Å². The van der Waals surface area contributed by atoms with Crippen molar-refractivity contribution in [2.24, 2.45) is 5.41 Å². The van der Waals surface area contributed by atoms with E-state index in [1.54, 1.807) is 53.7 Å². The van der Waals surface area contributed by atoms with E-state index in [0.717, 1.165) is 40.9 Å². The Labute approximate surface area is 371 Å². The molecule has 63 heavy (non-hydrogen) atoms. The third-order valence-electron chi connectivity index (χ3n) is 10.8. The predicted molar refractivity (Wildman–Crippen MR) is 234 cm³/mol. The highest BCUT2D eigenvalue weighted by Crippen LogP contribution is 2.33. The monoisotopic (exact) mass is 883 g/mol. The summed E-state index contributed by atoms with van der Waals surface area (Å²) in [6.45, 7) is 16.5. The average molecular weight is 884 g/mol. The summed E-state index contributed by atoms with van der Waals surface area (Å²) in [6, 6.07) is 10.1. The van der Waals surface area contributed by atoms with Crippen LogP contribution >= 0.6 is 0 Å². The molecule has 5 atom stereocenters. The number of likely N-dealkylation sites (N-methyl/N-ethyl adjacent to an activating group) is 1. The van der Waals surface area contributed by atoms with Crippen molar-refractivity contribution >= 4 is 29.9 Å². The van der Waals surface area contributed by atoms with E-state index in [9.17, 15) is 29.1 Å². The van der Waals surface area contributed by atoms with Gasteiger partial charge >= 0.3 is 12.2 Å². The molecule has 2 aliphatic rings. The maximum atomic E-state index is 14.9. The lowest BCUT2D eigenvalue weighted by Crippen LogP contribution is -2.62. The SMILES string of the molecule is CCOCCOCCOCC(OCCNC(=O)OC(C)(C)C)Oc1ccc2c(c1)CN(C(=O)[C@@H](NC(=O)[C@H](C)N(C)C(=O)O)C(C)(C)C)[C@H](C(=O)N[C@@H]1CCCc3ccccc31)C2. The van der Waals surface area contributed by atoms with Crippen LogP contribution in [0.15, 0.2) is 42.5 Å². The van der Waals surface area contributed by atoms with Crippen LogP contribution < -0.4 is 20.7 Å². The smallest absolute Gasteiger partial charge is 0.407 e. The second-order valence-electron chi connectivity index (χ2n) is 17.9. The summed E-state index contributed by atoms with van der Waals surface area (Å²) in [5.41, 5.74) is 2.30. The lowest BCUT2D eigenvalue weighted by atomic mass is 9.83. The number of alkyl carbamates (subject to hydrolysis) is 1. The summed E-state index contributed by atoms with van der Waals surface area (Å²) < 4.78 is 34.4. The van der Waals surface area contributed by atoms with Gasteiger partial charge in [0.15, 0.2) is 0 Å². The van der Waals surface area contributed by atoms with E-state index < -0.39 is 59.4 Å². The molecule has 0 fully saturated rings. The number of fused-ring (bicyclic) bond motifs is 2. The molecule has 0 saturated heterocycles. The number of carbonyl (C=O) groups is 5. The van der Waals surface area contributed by atoms with Gasteiger partial charge in [0.2, 0.25) is 24.0 Å². The van der Waals surface area contributed by atoms with Crippen molar-refractivity contribution in [3.8, 4) is 5.75 Å². The molecule has 1 heterocycles. The molecule has 350 valence electrons. The molecule has 17 nitrogen and oxygen atoms in total. The van der Waals surface area contributed by atoms with Gasteiger partial charge in [-0.25, -0.2) is 9.59 Å². The summed E-state index contributed by atoms with van der Waals surface area (Å²) in [6.07, 6.45) is -0.0158. The van der Waals surface area contributed by atoms with Crippen molar-refractivity contribution < 1.29 is 57.5 Å². The number of amides is 5. The van der Waals surface area contributed by atoms with Crippen molar-refractivity contribution in [2.45, 2.75) is 124 Å². The molecule has 1 unspecified atom stereocenters. The van der Waals surface area contributed by atoms with E-state index in [1.807, 2.05) is 31.2 Å². The second kappa shape index (κ2) is 23.6. The minimum absolute atomic E-state index is 0.0126. The first-order chi connectivity index (χ1) is 29.8. The van der Waals surface area contributed by atoms with Crippen LogP contribution in [0.3, 0.4) is 0 Å². The van der Waals surface area contributed by atoms with Gasteiger partial charge in [0.05, 0.1) is 39.1 Å². The van der Waals surface area contributed by atoms with Gasteiger partial charge in [-0.1, -0.05) is 51.1 Å². The standard InChI is InChI=1S/C46H69N5O12/c1-10-58-22-23-59-24-25-60-29-38(61-21-20-47-43(55)63-46(6,7)8)62-34-19-18-32-27-37(41(53)48-36-17-13-15-31-14-11-12-16-35(31)36)51(28-33(32)26-34)42(54)39(45(3,4)5)49-40(52)30(2)50(9)44(56)57/h11-12,14,16,18-19,26,30,36-39H,10,13,15,17,20-25,27-29H2,1-9H3,(H,47,55)(H,48,53)(H,49,52)(H,56,57)/t30-,36+,37-,38?,39+/m0/s1. The summed E-state index contributed by atoms with van der Waals surface area (Å²) in [7, 11) is 1.29. The topological polar surface area (TPSA) is 204 Å². The number of carboxylic acid groups (broad SMARTS) is 1. The molecule has 0 spiro atoms. The predicted octanol–water partition coefficient (Wildman–Crippen LogP) is 4.98. The summed E-state index contributed by atoms with van der Waals surface area (Å²) in [4.78, 5) is 69.1. The third kappa shape index (κ3) is 15.7. The Morgan fingerprint density at radius 1 is 0.905 bits per heavy atom. The van der Waals surface area contributed by atoms with E-state index in [4.69, 9.17) is 28.4 Å². The fourth-order valence-corrected chi connectivity index (χ4v) is 7.28. The van der Waals surface area contributed by atoms with Crippen molar-refractivity contribution in [2.75, 3.05) is 59.8 Å². The number of rotatable bonds is 21.